The molecular formula is C41H30ClF4N3O7. The van der Waals surface area contributed by atoms with Crippen molar-refractivity contribution in [3.8, 4) is 11.5 Å². The highest BCUT2D eigenvalue weighted by Gasteiger charge is 2.70. The molecule has 56 heavy (non-hydrogen) atoms. The lowest BCUT2D eigenvalue weighted by atomic mass is 9.49. The lowest BCUT2D eigenvalue weighted by molar-refractivity contribution is -0.274. The molecule has 4 amide bonds. The van der Waals surface area contributed by atoms with Gasteiger partial charge in [0.15, 0.2) is 5.78 Å². The van der Waals surface area contributed by atoms with Crippen LogP contribution in [0.4, 0.5) is 28.9 Å². The maximum absolute atomic E-state index is 15.2. The summed E-state index contributed by atoms with van der Waals surface area (Å²) in [6, 6.07) is 19.7. The number of fused-ring (bicyclic) bond motifs is 4. The molecule has 2 N–H and O–H groups in total. The molecule has 2 heterocycles. The number of phenols is 1. The topological polar surface area (TPSA) is 133 Å². The van der Waals surface area contributed by atoms with E-state index in [1.807, 2.05) is 0 Å². The summed E-state index contributed by atoms with van der Waals surface area (Å²) in [5.41, 5.74) is 1.96. The zero-order chi connectivity index (χ0) is 39.8. The molecular weight excluding hydrogens is 758 g/mol. The van der Waals surface area contributed by atoms with Gasteiger partial charge in [-0.25, -0.2) is 4.39 Å². The fraction of sp³-hybridized carbons (Fsp3) is 0.244. The van der Waals surface area contributed by atoms with Crippen molar-refractivity contribution in [3.05, 3.63) is 130 Å². The Kier molecular flexibility index (Phi) is 8.79. The zero-order valence-electron chi connectivity index (χ0n) is 29.2. The van der Waals surface area contributed by atoms with E-state index >= 15 is 4.79 Å². The average Bonchev–Trinajstić information content (AvgIpc) is 3.53. The summed E-state index contributed by atoms with van der Waals surface area (Å²) in [6.07, 6.45) is -3.63. The summed E-state index contributed by atoms with van der Waals surface area (Å²) in [7, 11) is 0. The van der Waals surface area contributed by atoms with Crippen molar-refractivity contribution in [2.24, 2.45) is 23.7 Å². The average molecular weight is 788 g/mol. The molecule has 0 radical (unpaired) electrons. The van der Waals surface area contributed by atoms with Gasteiger partial charge < -0.3 is 9.84 Å². The Morgan fingerprint density at radius 1 is 0.893 bits per heavy atom. The quantitative estimate of drug-likeness (QED) is 0.0854. The molecule has 0 aromatic heterocycles. The van der Waals surface area contributed by atoms with Crippen molar-refractivity contribution in [3.63, 3.8) is 0 Å². The number of hydrogen-bond acceptors (Lipinski definition) is 8. The van der Waals surface area contributed by atoms with E-state index in [1.54, 1.807) is 6.08 Å². The maximum atomic E-state index is 15.2. The highest BCUT2D eigenvalue weighted by Crippen LogP contribution is 2.65. The number of nitrogens with one attached hydrogen (secondary N) is 1. The molecule has 4 aromatic rings. The van der Waals surface area contributed by atoms with Gasteiger partial charge in [0, 0.05) is 22.1 Å². The van der Waals surface area contributed by atoms with E-state index in [2.05, 4.69) is 10.2 Å². The van der Waals surface area contributed by atoms with Gasteiger partial charge in [0.05, 0.1) is 34.5 Å². The molecule has 4 aromatic carbocycles. The molecule has 8 rings (SSSR count). The summed E-state index contributed by atoms with van der Waals surface area (Å²) in [4.78, 5) is 71.5. The standard InChI is InChI=1S/C41H30ClF4N3O7/c1-20(50)21-2-12-26(13-3-21)48-36(52)29-16-15-28-30(34(29)38(48)54)19-32-37(53)49(47-25-10-8-24(43)9-11-25)39(55)40(32,22-4-6-23(42)7-5-22)35(28)31-18-27(14-17-33(31)51)56-41(44,45)46/h2-15,17-18,29-30,32,34-35,47,51H,16,19H2,1H3/t29-,30+,32-,34-,35+,40+/m0/s1. The molecule has 0 bridgehead atoms. The Morgan fingerprint density at radius 2 is 1.57 bits per heavy atom. The van der Waals surface area contributed by atoms with E-state index in [0.29, 0.717) is 11.1 Å². The zero-order valence-corrected chi connectivity index (χ0v) is 30.0. The minimum atomic E-state index is -5.13. The Bertz CT molecular complexity index is 2350. The third-order valence-corrected chi connectivity index (χ3v) is 11.6. The number of ketones is 1. The SMILES string of the molecule is CC(=O)c1ccc(N2C(=O)[C@H]3[C@H](CC=C4[C@H]3C[C@H]3C(=O)N(Nc5ccc(F)cc5)C(=O)[C@@]3(c3ccc(Cl)cc3)[C@H]4c3cc(OC(F)(F)F)ccc3O)C2=O)cc1. The predicted molar refractivity (Wildman–Crippen MR) is 193 cm³/mol. The minimum Gasteiger partial charge on any atom is -0.508 e. The summed E-state index contributed by atoms with van der Waals surface area (Å²) < 4.78 is 58.9. The highest BCUT2D eigenvalue weighted by atomic mass is 35.5. The molecule has 2 aliphatic heterocycles. The van der Waals surface area contributed by atoms with E-state index in [4.69, 9.17) is 11.6 Å². The Hall–Kier alpha value is -6.02. The van der Waals surface area contributed by atoms with E-state index in [1.165, 1.54) is 67.6 Å². The first-order chi connectivity index (χ1) is 26.6. The van der Waals surface area contributed by atoms with Gasteiger partial charge in [0.25, 0.3) is 11.8 Å². The Morgan fingerprint density at radius 3 is 2.21 bits per heavy atom. The number of amides is 4. The second kappa shape index (κ2) is 13.3. The van der Waals surface area contributed by atoms with Crippen LogP contribution in [0.2, 0.25) is 5.02 Å². The number of phenolic OH excluding ortho intramolecular Hbond substituents is 1. The van der Waals surface area contributed by atoms with Crippen molar-refractivity contribution in [2.45, 2.75) is 37.5 Å². The third kappa shape index (κ3) is 5.81. The van der Waals surface area contributed by atoms with E-state index in [0.717, 1.165) is 40.2 Å². The van der Waals surface area contributed by atoms with Gasteiger partial charge in [0.1, 0.15) is 17.3 Å². The molecule has 6 atom stereocenters. The number of imide groups is 2. The first-order valence-electron chi connectivity index (χ1n) is 17.5. The summed E-state index contributed by atoms with van der Waals surface area (Å²) in [5, 5.41) is 12.6. The number of alkyl halides is 3. The van der Waals surface area contributed by atoms with Crippen molar-refractivity contribution in [2.75, 3.05) is 10.3 Å². The smallest absolute Gasteiger partial charge is 0.508 e. The molecule has 286 valence electrons. The van der Waals surface area contributed by atoms with E-state index in [-0.39, 0.29) is 46.1 Å². The van der Waals surface area contributed by atoms with Gasteiger partial charge in [-0.15, -0.1) is 13.2 Å². The van der Waals surface area contributed by atoms with Crippen LogP contribution in [0.25, 0.3) is 0 Å². The van der Waals surface area contributed by atoms with Gasteiger partial charge in [-0.2, -0.15) is 5.01 Å². The fourth-order valence-corrected chi connectivity index (χ4v) is 9.19. The van der Waals surface area contributed by atoms with Crippen LogP contribution in [0, 0.1) is 29.5 Å². The van der Waals surface area contributed by atoms with Crippen LogP contribution in [0.5, 0.6) is 11.5 Å². The van der Waals surface area contributed by atoms with Crippen LogP contribution in [0.1, 0.15) is 47.2 Å². The molecule has 0 unspecified atom stereocenters. The number of carbonyl (C=O) groups excluding carboxylic acids is 5. The predicted octanol–water partition coefficient (Wildman–Crippen LogP) is 7.48. The number of aromatic hydroxyl groups is 1. The van der Waals surface area contributed by atoms with Gasteiger partial charge in [0.2, 0.25) is 11.8 Å². The highest BCUT2D eigenvalue weighted by molar-refractivity contribution is 6.30. The minimum absolute atomic E-state index is 0.0137. The number of hydrogen-bond donors (Lipinski definition) is 2. The lowest BCUT2D eigenvalue weighted by Crippen LogP contribution is -2.53. The van der Waals surface area contributed by atoms with Gasteiger partial charge in [-0.3, -0.25) is 34.3 Å². The largest absolute Gasteiger partial charge is 0.573 e. The normalized spacial score (nSPS) is 25.8. The molecule has 0 spiro atoms. The number of ether oxygens (including phenoxy) is 1. The van der Waals surface area contributed by atoms with Gasteiger partial charge in [-0.1, -0.05) is 35.4 Å². The third-order valence-electron chi connectivity index (χ3n) is 11.3. The second-order valence-corrected chi connectivity index (χ2v) is 14.7. The summed E-state index contributed by atoms with van der Waals surface area (Å²) in [6.45, 7) is 1.38. The van der Waals surface area contributed by atoms with Gasteiger partial charge in [-0.05, 0) is 110 Å². The van der Waals surface area contributed by atoms with Crippen molar-refractivity contribution < 1.29 is 51.4 Å². The fourth-order valence-electron chi connectivity index (χ4n) is 9.06. The second-order valence-electron chi connectivity index (χ2n) is 14.3. The summed E-state index contributed by atoms with van der Waals surface area (Å²) >= 11 is 6.29. The first kappa shape index (κ1) is 36.9. The molecule has 1 saturated carbocycles. The number of halogens is 5. The molecule has 3 fully saturated rings. The van der Waals surface area contributed by atoms with Crippen LogP contribution in [0.15, 0.2) is 103 Å². The maximum Gasteiger partial charge on any atom is 0.573 e. The Balaban J connectivity index is 1.33. The number of carbonyl (C=O) groups is 5. The van der Waals surface area contributed by atoms with Crippen LogP contribution in [-0.4, -0.2) is 45.9 Å². The van der Waals surface area contributed by atoms with E-state index in [9.17, 15) is 41.8 Å². The van der Waals surface area contributed by atoms with Crippen LogP contribution in [0.3, 0.4) is 0 Å². The number of anilines is 2. The van der Waals surface area contributed by atoms with E-state index < -0.39 is 82.3 Å². The number of allylic oxidation sites excluding steroid dienone is 2. The Labute approximate surface area is 321 Å². The van der Waals surface area contributed by atoms with Crippen molar-refractivity contribution in [1.29, 1.82) is 0 Å². The monoisotopic (exact) mass is 787 g/mol. The molecule has 10 nitrogen and oxygen atoms in total. The number of hydrazine groups is 1. The molecule has 4 aliphatic rings. The molecule has 2 aliphatic carbocycles. The summed E-state index contributed by atoms with van der Waals surface area (Å²) in [5.74, 6) is -10.4. The number of benzene rings is 4. The van der Waals surface area contributed by atoms with Gasteiger partial charge >= 0.3 is 6.36 Å². The first-order valence-corrected chi connectivity index (χ1v) is 17.9. The van der Waals surface area contributed by atoms with Crippen LogP contribution in [-0.2, 0) is 24.6 Å². The lowest BCUT2D eigenvalue weighted by Gasteiger charge is -2.50. The number of nitrogens with zero attached hydrogens (tertiary/aromatic N) is 2. The molecule has 2 saturated heterocycles. The number of rotatable bonds is 7. The van der Waals surface area contributed by atoms with Crippen LogP contribution >= 0.6 is 11.6 Å². The molecule has 15 heteroatoms. The van der Waals surface area contributed by atoms with Crippen LogP contribution < -0.4 is 15.1 Å². The number of Topliss-reactive ketones (excluding diaryl/α,β-unsaturated/α-hetero) is 1. The van der Waals surface area contributed by atoms with Crippen molar-refractivity contribution in [1.82, 2.24) is 5.01 Å². The van der Waals surface area contributed by atoms with Crippen molar-refractivity contribution >= 4 is 52.4 Å².